The van der Waals surface area contributed by atoms with Gasteiger partial charge in [0.1, 0.15) is 5.67 Å². The third-order valence-electron chi connectivity index (χ3n) is 4.84. The topological polar surface area (TPSA) is 12.0 Å². The summed E-state index contributed by atoms with van der Waals surface area (Å²) in [6.07, 6.45) is 6.76. The number of rotatable bonds is 1. The van der Waals surface area contributed by atoms with Crippen molar-refractivity contribution in [1.29, 1.82) is 0 Å². The van der Waals surface area contributed by atoms with Crippen molar-refractivity contribution in [1.82, 2.24) is 5.32 Å². The van der Waals surface area contributed by atoms with Gasteiger partial charge in [-0.3, -0.25) is 0 Å². The molecule has 2 saturated carbocycles. The van der Waals surface area contributed by atoms with Gasteiger partial charge in [-0.1, -0.05) is 6.42 Å². The van der Waals surface area contributed by atoms with Gasteiger partial charge >= 0.3 is 0 Å². The summed E-state index contributed by atoms with van der Waals surface area (Å²) >= 11 is 0. The summed E-state index contributed by atoms with van der Waals surface area (Å²) in [7, 11) is 0. The van der Waals surface area contributed by atoms with E-state index in [0.29, 0.717) is 5.92 Å². The van der Waals surface area contributed by atoms with E-state index < -0.39 is 5.67 Å². The fourth-order valence-electron chi connectivity index (χ4n) is 4.09. The minimum atomic E-state index is -0.801. The highest BCUT2D eigenvalue weighted by molar-refractivity contribution is 5.01. The highest BCUT2D eigenvalue weighted by Gasteiger charge is 2.51. The van der Waals surface area contributed by atoms with Crippen LogP contribution in [-0.2, 0) is 0 Å². The van der Waals surface area contributed by atoms with Crippen LogP contribution in [0.4, 0.5) is 4.39 Å². The third kappa shape index (κ3) is 1.30. The molecule has 2 aliphatic carbocycles. The Hall–Kier alpha value is -0.110. The summed E-state index contributed by atoms with van der Waals surface area (Å²) in [5.41, 5.74) is -0.801. The maximum absolute atomic E-state index is 14.7. The fourth-order valence-corrected chi connectivity index (χ4v) is 4.09. The average Bonchev–Trinajstić information content (AvgIpc) is 2.80. The van der Waals surface area contributed by atoms with Crippen LogP contribution in [0.15, 0.2) is 0 Å². The Labute approximate surface area is 85.5 Å². The first-order chi connectivity index (χ1) is 6.78. The van der Waals surface area contributed by atoms with E-state index in [2.05, 4.69) is 5.32 Å². The molecule has 3 atom stereocenters. The highest BCUT2D eigenvalue weighted by Crippen LogP contribution is 2.55. The van der Waals surface area contributed by atoms with E-state index in [9.17, 15) is 4.39 Å². The van der Waals surface area contributed by atoms with Crippen LogP contribution in [-0.4, -0.2) is 18.8 Å². The molecule has 3 unspecified atom stereocenters. The molecule has 1 saturated heterocycles. The summed E-state index contributed by atoms with van der Waals surface area (Å²) < 4.78 is 14.7. The average molecular weight is 197 g/mol. The van der Waals surface area contributed by atoms with Crippen molar-refractivity contribution in [2.45, 2.75) is 44.2 Å². The summed E-state index contributed by atoms with van der Waals surface area (Å²) in [6.45, 7) is 1.79. The summed E-state index contributed by atoms with van der Waals surface area (Å²) in [5, 5.41) is 3.27. The van der Waals surface area contributed by atoms with Crippen LogP contribution >= 0.6 is 0 Å². The first-order valence-corrected chi connectivity index (χ1v) is 6.17. The van der Waals surface area contributed by atoms with Crippen molar-refractivity contribution in [3.8, 4) is 0 Å². The molecule has 80 valence electrons. The van der Waals surface area contributed by atoms with Gasteiger partial charge < -0.3 is 5.32 Å². The molecule has 0 aromatic heterocycles. The minimum absolute atomic E-state index is 0.420. The van der Waals surface area contributed by atoms with E-state index in [0.717, 1.165) is 37.8 Å². The number of nitrogens with one attached hydrogen (secondary N) is 1. The smallest absolute Gasteiger partial charge is 0.116 e. The summed E-state index contributed by atoms with van der Waals surface area (Å²) in [6, 6.07) is 0. The lowest BCUT2D eigenvalue weighted by Crippen LogP contribution is -2.45. The molecule has 2 bridgehead atoms. The van der Waals surface area contributed by atoms with Crippen LogP contribution in [0.5, 0.6) is 0 Å². The van der Waals surface area contributed by atoms with Gasteiger partial charge in [0.15, 0.2) is 0 Å². The second-order valence-electron chi connectivity index (χ2n) is 5.57. The monoisotopic (exact) mass is 197 g/mol. The number of piperidine rings is 1. The van der Waals surface area contributed by atoms with E-state index in [-0.39, 0.29) is 0 Å². The molecule has 14 heavy (non-hydrogen) atoms. The summed E-state index contributed by atoms with van der Waals surface area (Å²) in [5.74, 6) is 2.04. The van der Waals surface area contributed by atoms with Crippen molar-refractivity contribution in [3.05, 3.63) is 0 Å². The normalized spacial score (nSPS) is 45.6. The molecule has 3 aliphatic rings. The van der Waals surface area contributed by atoms with E-state index in [4.69, 9.17) is 0 Å². The quantitative estimate of drug-likeness (QED) is 0.681. The molecule has 1 N–H and O–H groups in total. The van der Waals surface area contributed by atoms with Gasteiger partial charge in [-0.15, -0.1) is 0 Å². The van der Waals surface area contributed by atoms with Crippen LogP contribution in [0.1, 0.15) is 38.5 Å². The van der Waals surface area contributed by atoms with Crippen molar-refractivity contribution in [2.75, 3.05) is 13.1 Å². The molecule has 0 aromatic rings. The Morgan fingerprint density at radius 3 is 2.43 bits per heavy atom. The molecule has 1 aliphatic heterocycles. The van der Waals surface area contributed by atoms with Gasteiger partial charge in [0.25, 0.3) is 0 Å². The lowest BCUT2D eigenvalue weighted by molar-refractivity contribution is 0.0164. The standard InChI is InChI=1S/C12H20FN/c13-12(3-5-14-6-4-12)11-8-9-1-2-10(11)7-9/h9-11,14H,1-8H2. The molecular formula is C12H20FN. The molecule has 0 aromatic carbocycles. The van der Waals surface area contributed by atoms with Gasteiger partial charge in [-0.05, 0) is 62.9 Å². The molecule has 1 nitrogen and oxygen atoms in total. The minimum Gasteiger partial charge on any atom is -0.316 e. The van der Waals surface area contributed by atoms with Gasteiger partial charge in [0.05, 0.1) is 0 Å². The molecule has 3 fully saturated rings. The Kier molecular flexibility index (Phi) is 2.08. The number of hydrogen-bond donors (Lipinski definition) is 1. The molecule has 0 radical (unpaired) electrons. The van der Waals surface area contributed by atoms with Crippen molar-refractivity contribution < 1.29 is 4.39 Å². The Morgan fingerprint density at radius 2 is 1.86 bits per heavy atom. The Morgan fingerprint density at radius 1 is 1.07 bits per heavy atom. The van der Waals surface area contributed by atoms with Crippen LogP contribution in [0.3, 0.4) is 0 Å². The van der Waals surface area contributed by atoms with Gasteiger partial charge in [0, 0.05) is 0 Å². The predicted molar refractivity (Wildman–Crippen MR) is 54.9 cm³/mol. The maximum Gasteiger partial charge on any atom is 0.116 e. The Balaban J connectivity index is 1.74. The lowest BCUT2D eigenvalue weighted by Gasteiger charge is -2.39. The van der Waals surface area contributed by atoms with Gasteiger partial charge in [-0.25, -0.2) is 4.39 Å². The second kappa shape index (κ2) is 3.19. The third-order valence-corrected chi connectivity index (χ3v) is 4.84. The zero-order chi connectivity index (χ0) is 9.60. The van der Waals surface area contributed by atoms with Crippen LogP contribution in [0, 0.1) is 17.8 Å². The van der Waals surface area contributed by atoms with E-state index in [1.165, 1.54) is 25.7 Å². The number of hydrogen-bond acceptors (Lipinski definition) is 1. The molecule has 0 spiro atoms. The lowest BCUT2D eigenvalue weighted by atomic mass is 9.73. The van der Waals surface area contributed by atoms with Crippen LogP contribution in [0.25, 0.3) is 0 Å². The molecule has 3 rings (SSSR count). The number of halogens is 1. The molecule has 0 amide bonds. The van der Waals surface area contributed by atoms with Crippen LogP contribution < -0.4 is 5.32 Å². The first kappa shape index (κ1) is 9.14. The SMILES string of the molecule is FC1(C2CC3CCC2C3)CCNCC1. The predicted octanol–water partition coefficient (Wildman–Crippen LogP) is 2.51. The number of fused-ring (bicyclic) bond motifs is 2. The van der Waals surface area contributed by atoms with Crippen molar-refractivity contribution in [3.63, 3.8) is 0 Å². The first-order valence-electron chi connectivity index (χ1n) is 6.17. The van der Waals surface area contributed by atoms with Crippen LogP contribution in [0.2, 0.25) is 0 Å². The zero-order valence-corrected chi connectivity index (χ0v) is 8.77. The maximum atomic E-state index is 14.7. The molecule has 2 heteroatoms. The van der Waals surface area contributed by atoms with Gasteiger partial charge in [-0.2, -0.15) is 0 Å². The summed E-state index contributed by atoms with van der Waals surface area (Å²) in [4.78, 5) is 0. The number of alkyl halides is 1. The Bertz CT molecular complexity index is 222. The van der Waals surface area contributed by atoms with Gasteiger partial charge in [0.2, 0.25) is 0 Å². The van der Waals surface area contributed by atoms with E-state index >= 15 is 0 Å². The highest BCUT2D eigenvalue weighted by atomic mass is 19.1. The fraction of sp³-hybridized carbons (Fsp3) is 1.00. The molecular weight excluding hydrogens is 177 g/mol. The van der Waals surface area contributed by atoms with Crippen molar-refractivity contribution in [2.24, 2.45) is 17.8 Å². The molecule has 1 heterocycles. The largest absolute Gasteiger partial charge is 0.316 e. The van der Waals surface area contributed by atoms with E-state index in [1.54, 1.807) is 0 Å². The van der Waals surface area contributed by atoms with E-state index in [1.807, 2.05) is 0 Å². The zero-order valence-electron chi connectivity index (χ0n) is 8.77. The second-order valence-corrected chi connectivity index (χ2v) is 5.57. The van der Waals surface area contributed by atoms with Crippen molar-refractivity contribution >= 4 is 0 Å².